The number of aliphatic hydroxyl groups excluding tert-OH is 1. The summed E-state index contributed by atoms with van der Waals surface area (Å²) in [6, 6.07) is 0. The van der Waals surface area contributed by atoms with Gasteiger partial charge < -0.3 is 5.11 Å². The standard InChI is InChI=1S/C3H6BrO2/c4-3(1-5)2-6/h3,5H,1-2H2. The van der Waals surface area contributed by atoms with Gasteiger partial charge >= 0.3 is 0 Å². The van der Waals surface area contributed by atoms with E-state index in [9.17, 15) is 5.11 Å². The van der Waals surface area contributed by atoms with Crippen molar-refractivity contribution in [1.82, 2.24) is 0 Å². The second kappa shape index (κ2) is 3.59. The van der Waals surface area contributed by atoms with E-state index in [-0.39, 0.29) is 18.0 Å². The third-order valence-electron chi connectivity index (χ3n) is 0.379. The van der Waals surface area contributed by atoms with Crippen LogP contribution < -0.4 is 0 Å². The van der Waals surface area contributed by atoms with Crippen LogP contribution in [0.1, 0.15) is 0 Å². The van der Waals surface area contributed by atoms with E-state index in [4.69, 9.17) is 5.11 Å². The van der Waals surface area contributed by atoms with Crippen molar-refractivity contribution in [2.75, 3.05) is 13.2 Å². The molecule has 0 bridgehead atoms. The molecule has 37 valence electrons. The maximum Gasteiger partial charge on any atom is 0.0969 e. The molecule has 2 nitrogen and oxygen atoms in total. The molecule has 0 aromatic carbocycles. The quantitative estimate of drug-likeness (QED) is 0.566. The fraction of sp³-hybridized carbons (Fsp3) is 1.00. The highest BCUT2D eigenvalue weighted by molar-refractivity contribution is 9.09. The summed E-state index contributed by atoms with van der Waals surface area (Å²) in [4.78, 5) is -0.252. The number of hydrogen-bond acceptors (Lipinski definition) is 1. The number of halogens is 1. The molecular formula is C3H6BrO2. The van der Waals surface area contributed by atoms with Crippen molar-refractivity contribution in [3.63, 3.8) is 0 Å². The van der Waals surface area contributed by atoms with Crippen molar-refractivity contribution in [1.29, 1.82) is 0 Å². The van der Waals surface area contributed by atoms with Crippen molar-refractivity contribution >= 4 is 15.9 Å². The minimum absolute atomic E-state index is 0.0660. The lowest BCUT2D eigenvalue weighted by molar-refractivity contribution is 0.167. The summed E-state index contributed by atoms with van der Waals surface area (Å²) in [5.74, 6) is 0. The van der Waals surface area contributed by atoms with Gasteiger partial charge in [0.25, 0.3) is 0 Å². The Bertz CT molecular complexity index is 28.0. The van der Waals surface area contributed by atoms with Gasteiger partial charge in [0, 0.05) is 0 Å². The molecule has 1 radical (unpaired) electrons. The highest BCUT2D eigenvalue weighted by Gasteiger charge is 1.95. The predicted molar refractivity (Wildman–Crippen MR) is 25.4 cm³/mol. The molecule has 0 aliphatic rings. The summed E-state index contributed by atoms with van der Waals surface area (Å²) in [7, 11) is 0. The van der Waals surface area contributed by atoms with Gasteiger partial charge in [0.05, 0.1) is 18.0 Å². The second-order valence-electron chi connectivity index (χ2n) is 0.947. The van der Waals surface area contributed by atoms with E-state index in [1.807, 2.05) is 0 Å². The van der Waals surface area contributed by atoms with Gasteiger partial charge in [0.2, 0.25) is 0 Å². The Morgan fingerprint density at radius 1 is 1.83 bits per heavy atom. The molecule has 6 heavy (non-hydrogen) atoms. The third kappa shape index (κ3) is 2.63. The Kier molecular flexibility index (Phi) is 3.82. The summed E-state index contributed by atoms with van der Waals surface area (Å²) >= 11 is 2.91. The van der Waals surface area contributed by atoms with Crippen molar-refractivity contribution in [2.45, 2.75) is 4.83 Å². The fourth-order valence-corrected chi connectivity index (χ4v) is 0.0527. The molecular weight excluding hydrogens is 148 g/mol. The smallest absolute Gasteiger partial charge is 0.0969 e. The lowest BCUT2D eigenvalue weighted by Gasteiger charge is -1.93. The highest BCUT2D eigenvalue weighted by atomic mass is 79.9. The molecule has 3 heteroatoms. The van der Waals surface area contributed by atoms with Gasteiger partial charge in [-0.3, -0.25) is 0 Å². The van der Waals surface area contributed by atoms with E-state index in [1.54, 1.807) is 0 Å². The third-order valence-corrected chi connectivity index (χ3v) is 0.933. The monoisotopic (exact) mass is 153 g/mol. The van der Waals surface area contributed by atoms with Gasteiger partial charge in [0.15, 0.2) is 0 Å². The molecule has 1 unspecified atom stereocenters. The number of rotatable bonds is 2. The maximum absolute atomic E-state index is 9.65. The minimum atomic E-state index is -0.253. The molecule has 0 aromatic rings. The SMILES string of the molecule is [O]CC(Br)CO. The van der Waals surface area contributed by atoms with Crippen molar-refractivity contribution in [3.8, 4) is 0 Å². The molecule has 0 rings (SSSR count). The molecule has 1 atom stereocenters. The Morgan fingerprint density at radius 3 is 2.33 bits per heavy atom. The van der Waals surface area contributed by atoms with E-state index < -0.39 is 0 Å². The summed E-state index contributed by atoms with van der Waals surface area (Å²) in [5.41, 5.74) is 0. The van der Waals surface area contributed by atoms with Crippen LogP contribution in [-0.2, 0) is 5.11 Å². The molecule has 0 amide bonds. The second-order valence-corrected chi connectivity index (χ2v) is 2.24. The maximum atomic E-state index is 9.65. The number of aliphatic hydroxyl groups is 1. The first-order valence-electron chi connectivity index (χ1n) is 1.64. The van der Waals surface area contributed by atoms with Crippen LogP contribution in [-0.4, -0.2) is 23.1 Å². The van der Waals surface area contributed by atoms with Gasteiger partial charge in [-0.15, -0.1) is 0 Å². The summed E-state index contributed by atoms with van der Waals surface area (Å²) in [5, 5.41) is 17.7. The summed E-state index contributed by atoms with van der Waals surface area (Å²) in [6.45, 7) is -0.319. The first kappa shape index (κ1) is 6.40. The first-order chi connectivity index (χ1) is 2.81. The van der Waals surface area contributed by atoms with E-state index in [2.05, 4.69) is 15.9 Å². The minimum Gasteiger partial charge on any atom is -0.395 e. The molecule has 0 aliphatic carbocycles. The summed E-state index contributed by atoms with van der Waals surface area (Å²) in [6.07, 6.45) is 0. The molecule has 1 N–H and O–H groups in total. The molecule has 0 aliphatic heterocycles. The average Bonchev–Trinajstić information content (AvgIpc) is 1.65. The predicted octanol–water partition coefficient (Wildman–Crippen LogP) is 0.173. The fourth-order valence-electron chi connectivity index (χ4n) is 0.0527. The molecule has 0 heterocycles. The Balaban J connectivity index is 2.75. The summed E-state index contributed by atoms with van der Waals surface area (Å²) < 4.78 is 0. The number of hydrogen-bond donors (Lipinski definition) is 1. The average molecular weight is 154 g/mol. The van der Waals surface area contributed by atoms with Crippen LogP contribution in [0.4, 0.5) is 0 Å². The van der Waals surface area contributed by atoms with Crippen molar-refractivity contribution < 1.29 is 10.2 Å². The van der Waals surface area contributed by atoms with Gasteiger partial charge in [-0.25, -0.2) is 5.11 Å². The van der Waals surface area contributed by atoms with Crippen LogP contribution in [0, 0.1) is 0 Å². The highest BCUT2D eigenvalue weighted by Crippen LogP contribution is 1.93. The topological polar surface area (TPSA) is 40.1 Å². The van der Waals surface area contributed by atoms with Crippen LogP contribution in [0.25, 0.3) is 0 Å². The van der Waals surface area contributed by atoms with Gasteiger partial charge in [-0.05, 0) is 0 Å². The number of alkyl halides is 1. The lowest BCUT2D eigenvalue weighted by Crippen LogP contribution is -2.06. The van der Waals surface area contributed by atoms with Gasteiger partial charge in [-0.1, -0.05) is 15.9 Å². The molecule has 0 saturated heterocycles. The molecule has 0 spiro atoms. The van der Waals surface area contributed by atoms with E-state index >= 15 is 0 Å². The van der Waals surface area contributed by atoms with E-state index in [0.29, 0.717) is 0 Å². The van der Waals surface area contributed by atoms with E-state index in [1.165, 1.54) is 0 Å². The van der Waals surface area contributed by atoms with Gasteiger partial charge in [-0.2, -0.15) is 0 Å². The van der Waals surface area contributed by atoms with Crippen LogP contribution in [0.15, 0.2) is 0 Å². The first-order valence-corrected chi connectivity index (χ1v) is 2.56. The Hall–Kier alpha value is 0.400. The van der Waals surface area contributed by atoms with Crippen molar-refractivity contribution in [3.05, 3.63) is 0 Å². The zero-order valence-electron chi connectivity index (χ0n) is 3.22. The van der Waals surface area contributed by atoms with E-state index in [0.717, 1.165) is 0 Å². The van der Waals surface area contributed by atoms with Crippen LogP contribution in [0.5, 0.6) is 0 Å². The Labute approximate surface area is 44.9 Å². The van der Waals surface area contributed by atoms with Crippen molar-refractivity contribution in [2.24, 2.45) is 0 Å². The zero-order chi connectivity index (χ0) is 4.99. The Morgan fingerprint density at radius 2 is 2.33 bits per heavy atom. The van der Waals surface area contributed by atoms with Crippen LogP contribution >= 0.6 is 15.9 Å². The lowest BCUT2D eigenvalue weighted by atomic mass is 10.5. The molecule has 0 aromatic heterocycles. The molecule has 0 saturated carbocycles. The van der Waals surface area contributed by atoms with Crippen LogP contribution in [0.2, 0.25) is 0 Å². The van der Waals surface area contributed by atoms with Crippen LogP contribution in [0.3, 0.4) is 0 Å². The largest absolute Gasteiger partial charge is 0.395 e. The zero-order valence-corrected chi connectivity index (χ0v) is 4.81. The van der Waals surface area contributed by atoms with Gasteiger partial charge in [0.1, 0.15) is 0 Å². The normalized spacial score (nSPS) is 10.0. The molecule has 0 fully saturated rings.